The van der Waals surface area contributed by atoms with Crippen LogP contribution in [0.3, 0.4) is 0 Å². The fraction of sp³-hybridized carbons (Fsp3) is 0.381. The summed E-state index contributed by atoms with van der Waals surface area (Å²) in [6.45, 7) is 1.46. The lowest BCUT2D eigenvalue weighted by Crippen LogP contribution is -2.51. The Morgan fingerprint density at radius 1 is 0.964 bits per heavy atom. The molecule has 1 fully saturated rings. The molecule has 28 heavy (non-hydrogen) atoms. The van der Waals surface area contributed by atoms with Crippen molar-refractivity contribution in [2.24, 2.45) is 0 Å². The molecule has 0 bridgehead atoms. The smallest absolute Gasteiger partial charge is 0.243 e. The van der Waals surface area contributed by atoms with Crippen LogP contribution in [-0.2, 0) is 21.2 Å². The lowest BCUT2D eigenvalue weighted by molar-refractivity contribution is -0.134. The SMILES string of the molecule is O=C(C1CCCc2ccccc21)N1CCN(S(=O)(=O)c2ccc(Cl)cc2)CC1. The Kier molecular flexibility index (Phi) is 5.45. The van der Waals surface area contributed by atoms with Gasteiger partial charge in [-0.15, -0.1) is 0 Å². The first kappa shape index (κ1) is 19.4. The van der Waals surface area contributed by atoms with Crippen molar-refractivity contribution in [2.45, 2.75) is 30.1 Å². The first-order valence-corrected chi connectivity index (χ1v) is 11.4. The van der Waals surface area contributed by atoms with Gasteiger partial charge in [-0.1, -0.05) is 35.9 Å². The quantitative estimate of drug-likeness (QED) is 0.768. The molecular formula is C21H23ClN2O3S. The lowest BCUT2D eigenvalue weighted by Gasteiger charge is -2.37. The van der Waals surface area contributed by atoms with Gasteiger partial charge in [-0.3, -0.25) is 4.79 Å². The molecule has 2 aliphatic rings. The second-order valence-corrected chi connectivity index (χ2v) is 9.70. The number of rotatable bonds is 3. The van der Waals surface area contributed by atoms with E-state index < -0.39 is 10.0 Å². The van der Waals surface area contributed by atoms with Crippen molar-refractivity contribution in [1.82, 2.24) is 9.21 Å². The summed E-state index contributed by atoms with van der Waals surface area (Å²) in [5.41, 5.74) is 2.39. The number of hydrogen-bond acceptors (Lipinski definition) is 3. The van der Waals surface area contributed by atoms with Crippen LogP contribution >= 0.6 is 11.6 Å². The van der Waals surface area contributed by atoms with Crippen LogP contribution < -0.4 is 0 Å². The number of carbonyl (C=O) groups is 1. The number of benzene rings is 2. The van der Waals surface area contributed by atoms with Gasteiger partial charge < -0.3 is 4.90 Å². The van der Waals surface area contributed by atoms with E-state index in [9.17, 15) is 13.2 Å². The molecule has 148 valence electrons. The number of halogens is 1. The van der Waals surface area contributed by atoms with E-state index in [1.807, 2.05) is 17.0 Å². The Hall–Kier alpha value is -1.89. The fourth-order valence-corrected chi connectivity index (χ4v) is 5.68. The summed E-state index contributed by atoms with van der Waals surface area (Å²) in [7, 11) is -3.56. The van der Waals surface area contributed by atoms with Crippen LogP contribution in [0.4, 0.5) is 0 Å². The van der Waals surface area contributed by atoms with Crippen LogP contribution in [0.15, 0.2) is 53.4 Å². The summed E-state index contributed by atoms with van der Waals surface area (Å²) < 4.78 is 27.1. The third-order valence-corrected chi connectivity index (χ3v) is 7.83. The van der Waals surface area contributed by atoms with Gasteiger partial charge in [-0.05, 0) is 54.7 Å². The number of amides is 1. The van der Waals surface area contributed by atoms with E-state index in [2.05, 4.69) is 12.1 Å². The van der Waals surface area contributed by atoms with Gasteiger partial charge in [-0.25, -0.2) is 8.42 Å². The third-order valence-electron chi connectivity index (χ3n) is 5.67. The largest absolute Gasteiger partial charge is 0.340 e. The third kappa shape index (κ3) is 3.69. The minimum absolute atomic E-state index is 0.107. The molecule has 1 aliphatic heterocycles. The van der Waals surface area contributed by atoms with Gasteiger partial charge in [0.2, 0.25) is 15.9 Å². The number of carbonyl (C=O) groups excluding carboxylic acids is 1. The van der Waals surface area contributed by atoms with E-state index >= 15 is 0 Å². The molecule has 1 unspecified atom stereocenters. The zero-order valence-corrected chi connectivity index (χ0v) is 17.1. The molecule has 0 N–H and O–H groups in total. The van der Waals surface area contributed by atoms with Gasteiger partial charge in [0.05, 0.1) is 10.8 Å². The van der Waals surface area contributed by atoms with Crippen LogP contribution in [0.25, 0.3) is 0 Å². The molecule has 0 aromatic heterocycles. The van der Waals surface area contributed by atoms with E-state index in [1.165, 1.54) is 22.0 Å². The highest BCUT2D eigenvalue weighted by Crippen LogP contribution is 2.33. The van der Waals surface area contributed by atoms with Gasteiger partial charge >= 0.3 is 0 Å². The molecule has 2 aromatic carbocycles. The summed E-state index contributed by atoms with van der Waals surface area (Å²) in [5.74, 6) is 0.0139. The zero-order chi connectivity index (χ0) is 19.7. The molecule has 1 amide bonds. The summed E-state index contributed by atoms with van der Waals surface area (Å²) >= 11 is 5.86. The maximum absolute atomic E-state index is 13.1. The van der Waals surface area contributed by atoms with E-state index in [0.29, 0.717) is 31.2 Å². The van der Waals surface area contributed by atoms with Crippen LogP contribution in [0.2, 0.25) is 5.02 Å². The van der Waals surface area contributed by atoms with E-state index in [1.54, 1.807) is 12.1 Å². The van der Waals surface area contributed by atoms with Crippen molar-refractivity contribution < 1.29 is 13.2 Å². The van der Waals surface area contributed by atoms with Gasteiger partial charge in [0.1, 0.15) is 0 Å². The Morgan fingerprint density at radius 2 is 1.64 bits per heavy atom. The normalized spacial score (nSPS) is 20.6. The highest BCUT2D eigenvalue weighted by Gasteiger charge is 2.34. The van der Waals surface area contributed by atoms with E-state index in [4.69, 9.17) is 11.6 Å². The summed E-state index contributed by atoms with van der Waals surface area (Å²) in [6, 6.07) is 14.4. The maximum atomic E-state index is 13.1. The molecule has 0 radical (unpaired) electrons. The minimum Gasteiger partial charge on any atom is -0.340 e. The summed E-state index contributed by atoms with van der Waals surface area (Å²) in [4.78, 5) is 15.2. The molecule has 1 heterocycles. The van der Waals surface area contributed by atoms with Crippen molar-refractivity contribution >= 4 is 27.5 Å². The average molecular weight is 419 g/mol. The van der Waals surface area contributed by atoms with Crippen molar-refractivity contribution in [2.75, 3.05) is 26.2 Å². The van der Waals surface area contributed by atoms with Crippen LogP contribution in [0.1, 0.15) is 29.9 Å². The van der Waals surface area contributed by atoms with Crippen molar-refractivity contribution in [3.05, 3.63) is 64.7 Å². The number of sulfonamides is 1. The first-order chi connectivity index (χ1) is 13.5. The maximum Gasteiger partial charge on any atom is 0.243 e. The molecule has 1 atom stereocenters. The number of fused-ring (bicyclic) bond motifs is 1. The first-order valence-electron chi connectivity index (χ1n) is 9.59. The molecule has 2 aromatic rings. The molecule has 4 rings (SSSR count). The predicted octanol–water partition coefficient (Wildman–Crippen LogP) is 3.29. The molecule has 0 saturated carbocycles. The van der Waals surface area contributed by atoms with Crippen LogP contribution in [0, 0.1) is 0 Å². The standard InChI is InChI=1S/C21H23ClN2O3S/c22-17-8-10-18(11-9-17)28(26,27)24-14-12-23(13-15-24)21(25)20-7-3-5-16-4-1-2-6-19(16)20/h1-2,4,6,8-11,20H,3,5,7,12-15H2. The fourth-order valence-electron chi connectivity index (χ4n) is 4.14. The van der Waals surface area contributed by atoms with Crippen molar-refractivity contribution in [3.8, 4) is 0 Å². The Balaban J connectivity index is 1.45. The second kappa shape index (κ2) is 7.85. The molecular weight excluding hydrogens is 396 g/mol. The highest BCUT2D eigenvalue weighted by atomic mass is 35.5. The lowest BCUT2D eigenvalue weighted by atomic mass is 9.82. The Labute approximate surface area is 171 Å². The molecule has 5 nitrogen and oxygen atoms in total. The topological polar surface area (TPSA) is 57.7 Å². The summed E-state index contributed by atoms with van der Waals surface area (Å²) in [6.07, 6.45) is 2.89. The van der Waals surface area contributed by atoms with E-state index in [-0.39, 0.29) is 16.7 Å². The van der Waals surface area contributed by atoms with Gasteiger partial charge in [0.25, 0.3) is 0 Å². The number of nitrogens with zero attached hydrogens (tertiary/aromatic N) is 2. The minimum atomic E-state index is -3.56. The molecule has 0 spiro atoms. The highest BCUT2D eigenvalue weighted by molar-refractivity contribution is 7.89. The van der Waals surface area contributed by atoms with Crippen molar-refractivity contribution in [1.29, 1.82) is 0 Å². The second-order valence-electron chi connectivity index (χ2n) is 7.33. The Bertz CT molecular complexity index is 967. The average Bonchev–Trinajstić information content (AvgIpc) is 2.73. The predicted molar refractivity (Wildman–Crippen MR) is 109 cm³/mol. The van der Waals surface area contributed by atoms with E-state index in [0.717, 1.165) is 24.8 Å². The zero-order valence-electron chi connectivity index (χ0n) is 15.6. The monoisotopic (exact) mass is 418 g/mol. The summed E-state index contributed by atoms with van der Waals surface area (Å²) in [5, 5.41) is 0.502. The Morgan fingerprint density at radius 3 is 2.36 bits per heavy atom. The molecule has 1 saturated heterocycles. The number of aryl methyl sites for hydroxylation is 1. The number of piperazine rings is 1. The van der Waals surface area contributed by atoms with Gasteiger partial charge in [-0.2, -0.15) is 4.31 Å². The number of hydrogen-bond donors (Lipinski definition) is 0. The van der Waals surface area contributed by atoms with Gasteiger partial charge in [0.15, 0.2) is 0 Å². The molecule has 7 heteroatoms. The van der Waals surface area contributed by atoms with Crippen LogP contribution in [-0.4, -0.2) is 49.7 Å². The van der Waals surface area contributed by atoms with Crippen LogP contribution in [0.5, 0.6) is 0 Å². The molecule has 1 aliphatic carbocycles. The van der Waals surface area contributed by atoms with Crippen molar-refractivity contribution in [3.63, 3.8) is 0 Å². The van der Waals surface area contributed by atoms with Gasteiger partial charge in [0, 0.05) is 31.2 Å².